The van der Waals surface area contributed by atoms with Crippen LogP contribution in [-0.2, 0) is 11.2 Å². The minimum atomic E-state index is -0.0855. The molecule has 0 bridgehead atoms. The van der Waals surface area contributed by atoms with Gasteiger partial charge >= 0.3 is 0 Å². The Morgan fingerprint density at radius 2 is 1.96 bits per heavy atom. The number of carbonyl (C=O) groups is 1. The number of nitrogens with one attached hydrogen (secondary N) is 1. The van der Waals surface area contributed by atoms with E-state index in [9.17, 15) is 4.79 Å². The molecule has 0 aliphatic rings. The van der Waals surface area contributed by atoms with Gasteiger partial charge in [0.1, 0.15) is 0 Å². The smallest absolute Gasteiger partial charge is 0.254 e. The van der Waals surface area contributed by atoms with Crippen molar-refractivity contribution in [2.45, 2.75) is 39.7 Å². The topological polar surface area (TPSA) is 98.2 Å². The molecule has 8 heteroatoms. The van der Waals surface area contributed by atoms with E-state index in [0.717, 1.165) is 22.5 Å². The molecule has 2 heterocycles. The summed E-state index contributed by atoms with van der Waals surface area (Å²) in [6.45, 7) is 5.78. The van der Waals surface area contributed by atoms with Gasteiger partial charge < -0.3 is 11.1 Å². The van der Waals surface area contributed by atoms with E-state index in [1.807, 2.05) is 45.0 Å². The number of aryl methyl sites for hydroxylation is 2. The Balaban J connectivity index is 1.67. The third kappa shape index (κ3) is 3.77. The first-order chi connectivity index (χ1) is 12.3. The fourth-order valence-electron chi connectivity index (χ4n) is 2.97. The molecule has 7 nitrogen and oxygen atoms in total. The number of hydrogen-bond acceptors (Lipinski definition) is 5. The summed E-state index contributed by atoms with van der Waals surface area (Å²) in [7, 11) is 0. The predicted molar refractivity (Wildman–Crippen MR) is 101 cm³/mol. The van der Waals surface area contributed by atoms with E-state index in [-0.39, 0.29) is 17.9 Å². The first-order valence-electron chi connectivity index (χ1n) is 8.38. The zero-order valence-corrected chi connectivity index (χ0v) is 15.7. The Hall–Kier alpha value is -2.67. The molecule has 3 N–H and O–H groups in total. The molecular weight excluding hydrogens is 352 g/mol. The number of nitrogens with two attached hydrogens (primary N) is 1. The third-order valence-electron chi connectivity index (χ3n) is 4.41. The largest absolute Gasteiger partial charge is 0.366 e. The van der Waals surface area contributed by atoms with E-state index in [1.165, 1.54) is 0 Å². The van der Waals surface area contributed by atoms with Crippen molar-refractivity contribution in [3.05, 3.63) is 51.8 Å². The first kappa shape index (κ1) is 18.1. The molecule has 1 aromatic carbocycles. The van der Waals surface area contributed by atoms with Crippen LogP contribution in [0.1, 0.15) is 41.9 Å². The average molecular weight is 373 g/mol. The van der Waals surface area contributed by atoms with E-state index in [0.29, 0.717) is 23.6 Å². The molecule has 0 saturated carbocycles. The lowest BCUT2D eigenvalue weighted by Crippen LogP contribution is -2.27. The van der Waals surface area contributed by atoms with Gasteiger partial charge in [-0.15, -0.1) is 5.10 Å². The number of benzene rings is 1. The quantitative estimate of drug-likeness (QED) is 0.717. The van der Waals surface area contributed by atoms with Crippen molar-refractivity contribution in [3.63, 3.8) is 0 Å². The van der Waals surface area contributed by atoms with Gasteiger partial charge in [-0.1, -0.05) is 23.7 Å². The second-order valence-corrected chi connectivity index (χ2v) is 6.72. The molecule has 0 aliphatic carbocycles. The van der Waals surface area contributed by atoms with Gasteiger partial charge in [-0.3, -0.25) is 4.79 Å². The number of anilines is 1. The van der Waals surface area contributed by atoms with Gasteiger partial charge in [0.05, 0.1) is 6.04 Å². The van der Waals surface area contributed by atoms with Crippen LogP contribution >= 0.6 is 11.6 Å². The van der Waals surface area contributed by atoms with Gasteiger partial charge in [-0.25, -0.2) is 4.98 Å². The molecule has 2 aromatic heterocycles. The summed E-state index contributed by atoms with van der Waals surface area (Å²) in [6.07, 6.45) is 0.927. The van der Waals surface area contributed by atoms with Crippen molar-refractivity contribution >= 4 is 29.2 Å². The summed E-state index contributed by atoms with van der Waals surface area (Å²) in [4.78, 5) is 20.8. The fourth-order valence-corrected chi connectivity index (χ4v) is 3.10. The van der Waals surface area contributed by atoms with Gasteiger partial charge in [0.15, 0.2) is 0 Å². The molecule has 1 atom stereocenters. The Labute approximate surface area is 156 Å². The molecular formula is C18H21ClN6O. The second kappa shape index (κ2) is 7.29. The highest BCUT2D eigenvalue weighted by Gasteiger charge is 2.15. The normalized spacial score (nSPS) is 12.3. The molecule has 1 amide bonds. The van der Waals surface area contributed by atoms with Crippen LogP contribution in [0.5, 0.6) is 0 Å². The van der Waals surface area contributed by atoms with Crippen LogP contribution in [0, 0.1) is 13.8 Å². The lowest BCUT2D eigenvalue weighted by atomic mass is 10.1. The number of nitrogens with zero attached hydrogens (tertiary/aromatic N) is 4. The predicted octanol–water partition coefficient (Wildman–Crippen LogP) is 2.79. The van der Waals surface area contributed by atoms with E-state index >= 15 is 0 Å². The summed E-state index contributed by atoms with van der Waals surface area (Å²) in [6, 6.07) is 7.37. The molecule has 3 aromatic rings. The van der Waals surface area contributed by atoms with Gasteiger partial charge in [0, 0.05) is 22.8 Å². The number of nitrogen functional groups attached to an aromatic ring is 1. The van der Waals surface area contributed by atoms with Gasteiger partial charge in [0.2, 0.25) is 11.9 Å². The van der Waals surface area contributed by atoms with Gasteiger partial charge in [-0.2, -0.15) is 9.50 Å². The van der Waals surface area contributed by atoms with Crippen molar-refractivity contribution in [2.75, 3.05) is 5.73 Å². The van der Waals surface area contributed by atoms with Crippen molar-refractivity contribution < 1.29 is 4.79 Å². The first-order valence-corrected chi connectivity index (χ1v) is 8.76. The number of rotatable bonds is 5. The zero-order valence-electron chi connectivity index (χ0n) is 15.0. The van der Waals surface area contributed by atoms with Crippen LogP contribution in [-0.4, -0.2) is 25.5 Å². The van der Waals surface area contributed by atoms with Crippen LogP contribution in [0.4, 0.5) is 5.95 Å². The van der Waals surface area contributed by atoms with Crippen LogP contribution in [0.2, 0.25) is 5.02 Å². The summed E-state index contributed by atoms with van der Waals surface area (Å²) in [5, 5.41) is 7.83. The van der Waals surface area contributed by atoms with E-state index in [1.54, 1.807) is 4.52 Å². The number of halogens is 1. The summed E-state index contributed by atoms with van der Waals surface area (Å²) < 4.78 is 1.62. The molecule has 0 spiro atoms. The van der Waals surface area contributed by atoms with Crippen LogP contribution in [0.25, 0.3) is 5.78 Å². The Morgan fingerprint density at radius 1 is 1.27 bits per heavy atom. The Kier molecular flexibility index (Phi) is 5.08. The molecule has 0 fully saturated rings. The maximum atomic E-state index is 12.3. The SMILES string of the molecule is Cc1nc2nc(N)nn2c(C)c1CCC(=O)N[C@@H](C)c1ccc(Cl)cc1. The number of hydrogen-bond donors (Lipinski definition) is 2. The number of carbonyl (C=O) groups excluding carboxylic acids is 1. The zero-order chi connectivity index (χ0) is 18.8. The van der Waals surface area contributed by atoms with Crippen molar-refractivity contribution in [3.8, 4) is 0 Å². The standard InChI is InChI=1S/C18H21ClN6O/c1-10(13-4-6-14(19)7-5-13)21-16(26)9-8-15-11(2)22-18-23-17(20)24-25(18)12(15)3/h4-7,10H,8-9H2,1-3H3,(H2,20,24)(H,21,26)/t10-/m0/s1. The highest BCUT2D eigenvalue weighted by atomic mass is 35.5. The molecule has 0 radical (unpaired) electrons. The Bertz CT molecular complexity index is 950. The molecule has 3 rings (SSSR count). The number of fused-ring (bicyclic) bond motifs is 1. The average Bonchev–Trinajstić information content (AvgIpc) is 2.95. The number of aromatic nitrogens is 4. The highest BCUT2D eigenvalue weighted by Crippen LogP contribution is 2.18. The monoisotopic (exact) mass is 372 g/mol. The minimum Gasteiger partial charge on any atom is -0.366 e. The van der Waals surface area contributed by atoms with Crippen molar-refractivity contribution in [1.29, 1.82) is 0 Å². The Morgan fingerprint density at radius 3 is 2.65 bits per heavy atom. The third-order valence-corrected chi connectivity index (χ3v) is 4.67. The van der Waals surface area contributed by atoms with Crippen molar-refractivity contribution in [2.24, 2.45) is 0 Å². The summed E-state index contributed by atoms with van der Waals surface area (Å²) >= 11 is 5.90. The molecule has 0 saturated heterocycles. The molecule has 26 heavy (non-hydrogen) atoms. The molecule has 0 unspecified atom stereocenters. The van der Waals surface area contributed by atoms with E-state index < -0.39 is 0 Å². The highest BCUT2D eigenvalue weighted by molar-refractivity contribution is 6.30. The van der Waals surface area contributed by atoms with Crippen LogP contribution in [0.3, 0.4) is 0 Å². The van der Waals surface area contributed by atoms with Gasteiger partial charge in [-0.05, 0) is 50.5 Å². The summed E-state index contributed by atoms with van der Waals surface area (Å²) in [5.41, 5.74) is 9.37. The van der Waals surface area contributed by atoms with E-state index in [4.69, 9.17) is 17.3 Å². The fraction of sp³-hybridized carbons (Fsp3) is 0.333. The lowest BCUT2D eigenvalue weighted by molar-refractivity contribution is -0.121. The lowest BCUT2D eigenvalue weighted by Gasteiger charge is -2.15. The van der Waals surface area contributed by atoms with Crippen LogP contribution < -0.4 is 11.1 Å². The number of amides is 1. The molecule has 0 aliphatic heterocycles. The summed E-state index contributed by atoms with van der Waals surface area (Å²) in [5.74, 6) is 0.637. The maximum absolute atomic E-state index is 12.3. The van der Waals surface area contributed by atoms with Crippen LogP contribution in [0.15, 0.2) is 24.3 Å². The molecule has 136 valence electrons. The van der Waals surface area contributed by atoms with Crippen molar-refractivity contribution in [1.82, 2.24) is 24.9 Å². The van der Waals surface area contributed by atoms with Gasteiger partial charge in [0.25, 0.3) is 5.78 Å². The van der Waals surface area contributed by atoms with E-state index in [2.05, 4.69) is 20.4 Å². The second-order valence-electron chi connectivity index (χ2n) is 6.28. The maximum Gasteiger partial charge on any atom is 0.254 e. The minimum absolute atomic E-state index is 0.0237.